The highest BCUT2D eigenvalue weighted by Crippen LogP contribution is 2.06. The summed E-state index contributed by atoms with van der Waals surface area (Å²) in [6.07, 6.45) is 4.29. The van der Waals surface area contributed by atoms with Crippen molar-refractivity contribution in [3.8, 4) is 0 Å². The van der Waals surface area contributed by atoms with Crippen LogP contribution < -0.4 is 11.1 Å². The highest BCUT2D eigenvalue weighted by atomic mass is 15.0. The summed E-state index contributed by atoms with van der Waals surface area (Å²) in [4.78, 5) is 7.98. The molecule has 1 aromatic rings. The van der Waals surface area contributed by atoms with Crippen LogP contribution in [0.3, 0.4) is 0 Å². The first-order valence-electron chi connectivity index (χ1n) is 4.05. The average Bonchev–Trinajstić information content (AvgIpc) is 2.09. The average molecular weight is 166 g/mol. The summed E-state index contributed by atoms with van der Waals surface area (Å²) in [6.45, 7) is 3.55. The number of anilines is 1. The van der Waals surface area contributed by atoms with Crippen molar-refractivity contribution in [1.29, 1.82) is 0 Å². The number of nitrogens with one attached hydrogen (secondary N) is 1. The molecular weight excluding hydrogens is 152 g/mol. The Morgan fingerprint density at radius 2 is 2.42 bits per heavy atom. The van der Waals surface area contributed by atoms with Crippen LogP contribution in [0.2, 0.25) is 0 Å². The predicted molar refractivity (Wildman–Crippen MR) is 48.9 cm³/mol. The van der Waals surface area contributed by atoms with Gasteiger partial charge in [0.2, 0.25) is 0 Å². The molecular formula is C8H14N4. The first-order chi connectivity index (χ1) is 5.84. The molecule has 0 aliphatic heterocycles. The zero-order chi connectivity index (χ0) is 8.81. The molecule has 4 heteroatoms. The molecule has 1 heterocycles. The van der Waals surface area contributed by atoms with Gasteiger partial charge in [0, 0.05) is 18.3 Å². The van der Waals surface area contributed by atoms with Gasteiger partial charge in [0.1, 0.15) is 12.1 Å². The molecule has 3 N–H and O–H groups in total. The maximum Gasteiger partial charge on any atom is 0.132 e. The van der Waals surface area contributed by atoms with Crippen LogP contribution in [0, 0.1) is 6.92 Å². The van der Waals surface area contributed by atoms with Crippen LogP contribution in [-0.2, 0) is 0 Å². The molecule has 12 heavy (non-hydrogen) atoms. The Morgan fingerprint density at radius 3 is 3.08 bits per heavy atom. The van der Waals surface area contributed by atoms with Gasteiger partial charge in [-0.25, -0.2) is 9.97 Å². The lowest BCUT2D eigenvalue weighted by atomic mass is 10.3. The minimum atomic E-state index is 0.705. The van der Waals surface area contributed by atoms with Crippen molar-refractivity contribution in [3.63, 3.8) is 0 Å². The number of nitrogens with zero attached hydrogens (tertiary/aromatic N) is 2. The Morgan fingerprint density at radius 1 is 1.58 bits per heavy atom. The monoisotopic (exact) mass is 166 g/mol. The summed E-state index contributed by atoms with van der Waals surface area (Å²) in [5, 5.41) is 3.18. The summed E-state index contributed by atoms with van der Waals surface area (Å²) in [5.41, 5.74) is 6.42. The van der Waals surface area contributed by atoms with Gasteiger partial charge in [0.15, 0.2) is 0 Å². The maximum absolute atomic E-state index is 5.36. The molecule has 0 fully saturated rings. The van der Waals surface area contributed by atoms with Crippen molar-refractivity contribution in [1.82, 2.24) is 9.97 Å². The SMILES string of the molecule is Cc1cncnc1NCCCN. The minimum absolute atomic E-state index is 0.705. The second-order valence-electron chi connectivity index (χ2n) is 2.62. The molecule has 0 saturated carbocycles. The van der Waals surface area contributed by atoms with Crippen molar-refractivity contribution in [2.45, 2.75) is 13.3 Å². The summed E-state index contributed by atoms with van der Waals surface area (Å²) < 4.78 is 0. The molecule has 0 spiro atoms. The number of aryl methyl sites for hydroxylation is 1. The Labute approximate surface area is 72.2 Å². The van der Waals surface area contributed by atoms with E-state index < -0.39 is 0 Å². The molecule has 4 nitrogen and oxygen atoms in total. The molecule has 0 amide bonds. The lowest BCUT2D eigenvalue weighted by molar-refractivity contribution is 0.867. The van der Waals surface area contributed by atoms with Crippen molar-refractivity contribution in [2.75, 3.05) is 18.4 Å². The highest BCUT2D eigenvalue weighted by Gasteiger charge is 1.95. The Balaban J connectivity index is 2.46. The van der Waals surface area contributed by atoms with Gasteiger partial charge in [-0.1, -0.05) is 0 Å². The Bertz CT molecular complexity index is 236. The first kappa shape index (κ1) is 8.93. The largest absolute Gasteiger partial charge is 0.370 e. The number of hydrogen-bond donors (Lipinski definition) is 2. The number of nitrogens with two attached hydrogens (primary N) is 1. The Kier molecular flexibility index (Phi) is 3.47. The normalized spacial score (nSPS) is 9.83. The second kappa shape index (κ2) is 4.66. The van der Waals surface area contributed by atoms with Gasteiger partial charge in [0.05, 0.1) is 0 Å². The van der Waals surface area contributed by atoms with Gasteiger partial charge in [0.25, 0.3) is 0 Å². The summed E-state index contributed by atoms with van der Waals surface area (Å²) in [5.74, 6) is 0.901. The summed E-state index contributed by atoms with van der Waals surface area (Å²) in [7, 11) is 0. The molecule has 0 radical (unpaired) electrons. The smallest absolute Gasteiger partial charge is 0.132 e. The van der Waals surface area contributed by atoms with E-state index in [2.05, 4.69) is 15.3 Å². The molecule has 0 unspecified atom stereocenters. The predicted octanol–water partition coefficient (Wildman–Crippen LogP) is 0.546. The van der Waals surface area contributed by atoms with E-state index in [1.54, 1.807) is 6.20 Å². The lowest BCUT2D eigenvalue weighted by Crippen LogP contribution is -2.10. The third-order valence-electron chi connectivity index (χ3n) is 1.57. The van der Waals surface area contributed by atoms with E-state index in [-0.39, 0.29) is 0 Å². The van der Waals surface area contributed by atoms with Crippen molar-refractivity contribution >= 4 is 5.82 Å². The molecule has 0 aliphatic carbocycles. The molecule has 0 aromatic carbocycles. The van der Waals surface area contributed by atoms with Crippen molar-refractivity contribution in [2.24, 2.45) is 5.73 Å². The van der Waals surface area contributed by atoms with E-state index in [1.165, 1.54) is 6.33 Å². The molecule has 0 bridgehead atoms. The molecule has 0 saturated heterocycles. The summed E-state index contributed by atoms with van der Waals surface area (Å²) in [6, 6.07) is 0. The van der Waals surface area contributed by atoms with Crippen LogP contribution in [0.25, 0.3) is 0 Å². The van der Waals surface area contributed by atoms with Gasteiger partial charge in [-0.3, -0.25) is 0 Å². The lowest BCUT2D eigenvalue weighted by Gasteiger charge is -2.05. The maximum atomic E-state index is 5.36. The van der Waals surface area contributed by atoms with Crippen LogP contribution >= 0.6 is 0 Å². The summed E-state index contributed by atoms with van der Waals surface area (Å²) >= 11 is 0. The van der Waals surface area contributed by atoms with Gasteiger partial charge < -0.3 is 11.1 Å². The van der Waals surface area contributed by atoms with Crippen molar-refractivity contribution in [3.05, 3.63) is 18.1 Å². The Hall–Kier alpha value is -1.16. The zero-order valence-corrected chi connectivity index (χ0v) is 7.25. The van der Waals surface area contributed by atoms with Crippen LogP contribution in [0.15, 0.2) is 12.5 Å². The minimum Gasteiger partial charge on any atom is -0.370 e. The quantitative estimate of drug-likeness (QED) is 0.641. The zero-order valence-electron chi connectivity index (χ0n) is 7.25. The fraction of sp³-hybridized carbons (Fsp3) is 0.500. The van der Waals surface area contributed by atoms with Crippen LogP contribution in [0.1, 0.15) is 12.0 Å². The van der Waals surface area contributed by atoms with Crippen LogP contribution in [0.4, 0.5) is 5.82 Å². The number of aromatic nitrogens is 2. The van der Waals surface area contributed by atoms with Crippen LogP contribution in [-0.4, -0.2) is 23.1 Å². The van der Waals surface area contributed by atoms with Gasteiger partial charge in [-0.15, -0.1) is 0 Å². The second-order valence-corrected chi connectivity index (χ2v) is 2.62. The third-order valence-corrected chi connectivity index (χ3v) is 1.57. The van der Waals surface area contributed by atoms with E-state index in [4.69, 9.17) is 5.73 Å². The first-order valence-corrected chi connectivity index (χ1v) is 4.05. The van der Waals surface area contributed by atoms with Gasteiger partial charge in [-0.05, 0) is 19.9 Å². The van der Waals surface area contributed by atoms with E-state index in [0.29, 0.717) is 6.54 Å². The van der Waals surface area contributed by atoms with Crippen LogP contribution in [0.5, 0.6) is 0 Å². The number of rotatable bonds is 4. The van der Waals surface area contributed by atoms with E-state index in [9.17, 15) is 0 Å². The molecule has 0 atom stereocenters. The molecule has 0 aliphatic rings. The molecule has 1 aromatic heterocycles. The third kappa shape index (κ3) is 2.47. The van der Waals surface area contributed by atoms with E-state index >= 15 is 0 Å². The van der Waals surface area contributed by atoms with E-state index in [0.717, 1.165) is 24.3 Å². The van der Waals surface area contributed by atoms with Gasteiger partial charge in [-0.2, -0.15) is 0 Å². The molecule has 1 rings (SSSR count). The fourth-order valence-corrected chi connectivity index (χ4v) is 0.893. The van der Waals surface area contributed by atoms with Gasteiger partial charge >= 0.3 is 0 Å². The fourth-order valence-electron chi connectivity index (χ4n) is 0.893. The number of hydrogen-bond acceptors (Lipinski definition) is 4. The highest BCUT2D eigenvalue weighted by molar-refractivity contribution is 5.40. The molecule has 66 valence electrons. The standard InChI is InChI=1S/C8H14N4/c1-7-5-10-6-12-8(7)11-4-2-3-9/h5-6H,2-4,9H2,1H3,(H,10,11,12). The van der Waals surface area contributed by atoms with E-state index in [1.807, 2.05) is 6.92 Å². The topological polar surface area (TPSA) is 63.8 Å². The van der Waals surface area contributed by atoms with Crippen molar-refractivity contribution < 1.29 is 0 Å².